The van der Waals surface area contributed by atoms with Crippen LogP contribution in [0.1, 0.15) is 38.5 Å². The van der Waals surface area contributed by atoms with E-state index in [0.717, 1.165) is 68.8 Å². The Kier molecular flexibility index (Phi) is 7.41. The van der Waals surface area contributed by atoms with Crippen LogP contribution in [0.5, 0.6) is 11.5 Å². The summed E-state index contributed by atoms with van der Waals surface area (Å²) in [4.78, 5) is 25.1. The molecule has 4 nitrogen and oxygen atoms in total. The molecule has 0 N–H and O–H groups in total. The lowest BCUT2D eigenvalue weighted by molar-refractivity contribution is -0.135. The number of carbonyl (C=O) groups excluding carboxylic acids is 2. The molecule has 0 aromatic heterocycles. The van der Waals surface area contributed by atoms with Gasteiger partial charge in [0.1, 0.15) is 11.5 Å². The van der Waals surface area contributed by atoms with E-state index in [1.54, 1.807) is 0 Å². The van der Waals surface area contributed by atoms with Gasteiger partial charge in [0.25, 0.3) is 0 Å². The van der Waals surface area contributed by atoms with Gasteiger partial charge in [-0.2, -0.15) is 0 Å². The lowest BCUT2D eigenvalue weighted by atomic mass is 10.0. The van der Waals surface area contributed by atoms with Crippen molar-refractivity contribution in [2.75, 3.05) is 0 Å². The first-order valence-corrected chi connectivity index (χ1v) is 13.9. The average molecular weight is 527 g/mol. The van der Waals surface area contributed by atoms with Crippen molar-refractivity contribution in [3.05, 3.63) is 109 Å². The molecule has 0 aliphatic carbocycles. The second-order valence-corrected chi connectivity index (χ2v) is 10.2. The first-order chi connectivity index (χ1) is 19.6. The van der Waals surface area contributed by atoms with Gasteiger partial charge in [-0.1, -0.05) is 85.6 Å². The van der Waals surface area contributed by atoms with Crippen LogP contribution in [0, 0.1) is 0 Å². The van der Waals surface area contributed by atoms with Gasteiger partial charge in [0.15, 0.2) is 0 Å². The van der Waals surface area contributed by atoms with Crippen molar-refractivity contribution in [1.29, 1.82) is 0 Å². The maximum Gasteiger partial charge on any atom is 0.311 e. The normalized spacial score (nSPS) is 11.3. The van der Waals surface area contributed by atoms with Crippen molar-refractivity contribution in [2.24, 2.45) is 0 Å². The number of hydrogen-bond donors (Lipinski definition) is 0. The van der Waals surface area contributed by atoms with E-state index in [1.807, 2.05) is 60.7 Å². The Bertz CT molecular complexity index is 1720. The summed E-state index contributed by atoms with van der Waals surface area (Å²) in [7, 11) is 0. The summed E-state index contributed by atoms with van der Waals surface area (Å²) in [6.07, 6.45) is 3.83. The Morgan fingerprint density at radius 2 is 0.800 bits per heavy atom. The molecule has 40 heavy (non-hydrogen) atoms. The third kappa shape index (κ3) is 5.67. The highest BCUT2D eigenvalue weighted by molar-refractivity contribution is 6.02. The molecule has 6 aromatic rings. The van der Waals surface area contributed by atoms with Crippen molar-refractivity contribution >= 4 is 55.0 Å². The van der Waals surface area contributed by atoms with Crippen LogP contribution in [0.15, 0.2) is 109 Å². The molecular weight excluding hydrogens is 496 g/mol. The fourth-order valence-electron chi connectivity index (χ4n) is 5.29. The second kappa shape index (κ2) is 11.6. The molecule has 6 rings (SSSR count). The van der Waals surface area contributed by atoms with E-state index in [9.17, 15) is 9.59 Å². The Morgan fingerprint density at radius 1 is 0.425 bits per heavy atom. The van der Waals surface area contributed by atoms with Crippen molar-refractivity contribution < 1.29 is 19.1 Å². The maximum absolute atomic E-state index is 12.6. The van der Waals surface area contributed by atoms with Gasteiger partial charge in [0.05, 0.1) is 0 Å². The maximum atomic E-state index is 12.6. The summed E-state index contributed by atoms with van der Waals surface area (Å²) in [5, 5.41) is 8.53. The first kappa shape index (κ1) is 25.6. The number of unbranched alkanes of at least 4 members (excludes halogenated alkanes) is 3. The number of benzene rings is 6. The minimum absolute atomic E-state index is 0.233. The molecule has 0 bridgehead atoms. The van der Waals surface area contributed by atoms with Gasteiger partial charge in [0, 0.05) is 23.6 Å². The molecule has 6 aromatic carbocycles. The van der Waals surface area contributed by atoms with Crippen molar-refractivity contribution in [1.82, 2.24) is 0 Å². The van der Waals surface area contributed by atoms with Crippen LogP contribution in [0.3, 0.4) is 0 Å². The third-order valence-electron chi connectivity index (χ3n) is 7.37. The second-order valence-electron chi connectivity index (χ2n) is 10.2. The quantitative estimate of drug-likeness (QED) is 0.0816. The minimum atomic E-state index is -0.233. The molecule has 0 unspecified atom stereocenters. The van der Waals surface area contributed by atoms with Crippen LogP contribution in [0.4, 0.5) is 0 Å². The number of fused-ring (bicyclic) bond motifs is 4. The van der Waals surface area contributed by atoms with Crippen molar-refractivity contribution in [3.63, 3.8) is 0 Å². The highest BCUT2D eigenvalue weighted by Gasteiger charge is 2.11. The molecule has 0 atom stereocenters. The number of rotatable bonds is 9. The Morgan fingerprint density at radius 3 is 1.23 bits per heavy atom. The summed E-state index contributed by atoms with van der Waals surface area (Å²) in [6.45, 7) is 0. The summed E-state index contributed by atoms with van der Waals surface area (Å²) in [5.74, 6) is 0.724. The Balaban J connectivity index is 0.969. The summed E-state index contributed by atoms with van der Waals surface area (Å²) >= 11 is 0. The molecule has 0 aliphatic rings. The fraction of sp³-hybridized carbons (Fsp3) is 0.167. The molecule has 0 saturated carbocycles. The van der Waals surface area contributed by atoms with Gasteiger partial charge in [-0.3, -0.25) is 9.59 Å². The monoisotopic (exact) mass is 526 g/mol. The van der Waals surface area contributed by atoms with Crippen LogP contribution in [0.2, 0.25) is 0 Å². The molecule has 4 heteroatoms. The van der Waals surface area contributed by atoms with Crippen LogP contribution in [0.25, 0.3) is 43.1 Å². The van der Waals surface area contributed by atoms with E-state index >= 15 is 0 Å². The zero-order chi connectivity index (χ0) is 27.3. The number of carbonyl (C=O) groups is 2. The number of hydrogen-bond acceptors (Lipinski definition) is 4. The van der Waals surface area contributed by atoms with Gasteiger partial charge in [-0.15, -0.1) is 0 Å². The van der Waals surface area contributed by atoms with Gasteiger partial charge in [0.2, 0.25) is 0 Å². The summed E-state index contributed by atoms with van der Waals surface area (Å²) in [6, 6.07) is 36.3. The van der Waals surface area contributed by atoms with Crippen LogP contribution < -0.4 is 9.47 Å². The first-order valence-electron chi connectivity index (χ1n) is 13.9. The molecule has 0 amide bonds. The lowest BCUT2D eigenvalue weighted by Gasteiger charge is -2.10. The predicted molar refractivity (Wildman–Crippen MR) is 162 cm³/mol. The van der Waals surface area contributed by atoms with Crippen molar-refractivity contribution in [2.45, 2.75) is 38.5 Å². The van der Waals surface area contributed by atoms with E-state index < -0.39 is 0 Å². The molecule has 0 saturated heterocycles. The zero-order valence-corrected chi connectivity index (χ0v) is 22.3. The highest BCUT2D eigenvalue weighted by atomic mass is 16.5. The molecule has 0 spiro atoms. The molecular formula is C36H30O4. The number of ether oxygens (including phenoxy) is 2. The molecule has 0 radical (unpaired) electrons. The van der Waals surface area contributed by atoms with E-state index in [1.165, 1.54) is 0 Å². The molecule has 0 fully saturated rings. The van der Waals surface area contributed by atoms with Crippen LogP contribution in [-0.4, -0.2) is 11.9 Å². The summed E-state index contributed by atoms with van der Waals surface area (Å²) in [5.41, 5.74) is 0. The van der Waals surface area contributed by atoms with Crippen LogP contribution in [-0.2, 0) is 9.59 Å². The van der Waals surface area contributed by atoms with Crippen LogP contribution >= 0.6 is 0 Å². The van der Waals surface area contributed by atoms with Gasteiger partial charge < -0.3 is 9.47 Å². The van der Waals surface area contributed by atoms with Gasteiger partial charge in [-0.25, -0.2) is 0 Å². The van der Waals surface area contributed by atoms with Crippen molar-refractivity contribution in [3.8, 4) is 11.5 Å². The van der Waals surface area contributed by atoms with Gasteiger partial charge >= 0.3 is 11.9 Å². The van der Waals surface area contributed by atoms with E-state index in [2.05, 4.69) is 48.5 Å². The molecule has 198 valence electrons. The lowest BCUT2D eigenvalue weighted by Crippen LogP contribution is -2.08. The topological polar surface area (TPSA) is 52.6 Å². The standard InChI is InChI=1S/C36H30O4/c37-35(39-33-17-9-15-29-21-25-11-5-7-13-27(25)23-31(29)33)19-3-1-2-4-20-36(38)40-34-18-10-16-30-22-26-12-6-8-14-28(26)24-32(30)34/h5-18,21-24H,1-4,19-20H2. The van der Waals surface area contributed by atoms with E-state index in [-0.39, 0.29) is 11.9 Å². The average Bonchev–Trinajstić information content (AvgIpc) is 2.97. The Labute approximate surface area is 233 Å². The zero-order valence-electron chi connectivity index (χ0n) is 22.3. The SMILES string of the molecule is O=C(CCCCCCC(=O)Oc1cccc2cc3ccccc3cc12)Oc1cccc2cc3ccccc3cc12. The van der Waals surface area contributed by atoms with E-state index in [0.29, 0.717) is 24.3 Å². The molecule has 0 aliphatic heterocycles. The highest BCUT2D eigenvalue weighted by Crippen LogP contribution is 2.31. The molecule has 0 heterocycles. The van der Waals surface area contributed by atoms with Gasteiger partial charge in [-0.05, 0) is 81.6 Å². The van der Waals surface area contributed by atoms with E-state index in [4.69, 9.17) is 9.47 Å². The smallest absolute Gasteiger partial charge is 0.311 e. The third-order valence-corrected chi connectivity index (χ3v) is 7.37. The largest absolute Gasteiger partial charge is 0.426 e. The predicted octanol–water partition coefficient (Wildman–Crippen LogP) is 9.15. The Hall–Kier alpha value is -4.70. The summed E-state index contributed by atoms with van der Waals surface area (Å²) < 4.78 is 11.5. The fourth-order valence-corrected chi connectivity index (χ4v) is 5.29. The minimum Gasteiger partial charge on any atom is -0.426 e. The number of esters is 2.